The predicted octanol–water partition coefficient (Wildman–Crippen LogP) is 5.50. The molecule has 1 aliphatic rings. The van der Waals surface area contributed by atoms with Crippen LogP contribution in [0.3, 0.4) is 0 Å². The highest BCUT2D eigenvalue weighted by atomic mass is 19.1. The minimum Gasteiger partial charge on any atom is -0.396 e. The van der Waals surface area contributed by atoms with Gasteiger partial charge in [0.15, 0.2) is 0 Å². The fraction of sp³-hybridized carbons (Fsp3) is 0.241. The van der Waals surface area contributed by atoms with E-state index in [-0.39, 0.29) is 18.3 Å². The first-order valence-electron chi connectivity index (χ1n) is 12.0. The van der Waals surface area contributed by atoms with E-state index in [4.69, 9.17) is 0 Å². The Bertz CT molecular complexity index is 1310. The van der Waals surface area contributed by atoms with Gasteiger partial charge in [-0.15, -0.1) is 0 Å². The van der Waals surface area contributed by atoms with Crippen LogP contribution in [0.4, 0.5) is 10.1 Å². The molecule has 0 aliphatic carbocycles. The Hall–Kier alpha value is -3.61. The summed E-state index contributed by atoms with van der Waals surface area (Å²) in [6.07, 6.45) is 3.98. The van der Waals surface area contributed by atoms with Crippen molar-refractivity contribution in [2.24, 2.45) is 5.92 Å². The van der Waals surface area contributed by atoms with Gasteiger partial charge in [0.25, 0.3) is 5.91 Å². The number of benzene rings is 3. The number of hydrogen-bond donors (Lipinski definition) is 2. The van der Waals surface area contributed by atoms with Gasteiger partial charge in [0.2, 0.25) is 0 Å². The molecule has 1 fully saturated rings. The SMILES string of the molecule is O=C(Nc1ccc2cc(CN3CCC(CO)CC3)cnc2c1)c1ccc(-c2ccc(F)cc2)cc1. The number of aromatic nitrogens is 1. The summed E-state index contributed by atoms with van der Waals surface area (Å²) in [6, 6.07) is 21.5. The lowest BCUT2D eigenvalue weighted by Gasteiger charge is -2.30. The van der Waals surface area contributed by atoms with Crippen LogP contribution in [0.1, 0.15) is 28.8 Å². The maximum Gasteiger partial charge on any atom is 0.255 e. The van der Waals surface area contributed by atoms with E-state index in [0.717, 1.165) is 60.1 Å². The number of fused-ring (bicyclic) bond motifs is 1. The number of nitrogens with one attached hydrogen (secondary N) is 1. The van der Waals surface area contributed by atoms with Gasteiger partial charge in [-0.25, -0.2) is 4.39 Å². The van der Waals surface area contributed by atoms with Gasteiger partial charge in [0.05, 0.1) is 5.52 Å². The van der Waals surface area contributed by atoms with Crippen LogP contribution in [0.15, 0.2) is 79.0 Å². The minimum atomic E-state index is -0.273. The van der Waals surface area contributed by atoms with Gasteiger partial charge in [-0.3, -0.25) is 14.7 Å². The Morgan fingerprint density at radius 1 is 0.971 bits per heavy atom. The molecule has 178 valence electrons. The van der Waals surface area contributed by atoms with Gasteiger partial charge in [-0.05, 0) is 91.0 Å². The average molecular weight is 470 g/mol. The Morgan fingerprint density at radius 3 is 2.34 bits per heavy atom. The number of aliphatic hydroxyl groups excluding tert-OH is 1. The van der Waals surface area contributed by atoms with Crippen molar-refractivity contribution in [1.29, 1.82) is 0 Å². The molecule has 35 heavy (non-hydrogen) atoms. The number of piperidine rings is 1. The molecule has 0 radical (unpaired) electrons. The molecular weight excluding hydrogens is 441 g/mol. The molecule has 4 aromatic rings. The molecule has 0 unspecified atom stereocenters. The third kappa shape index (κ3) is 5.56. The molecule has 0 atom stereocenters. The Balaban J connectivity index is 1.23. The van der Waals surface area contributed by atoms with E-state index in [1.54, 1.807) is 24.3 Å². The molecule has 1 aromatic heterocycles. The van der Waals surface area contributed by atoms with Gasteiger partial charge in [0.1, 0.15) is 5.82 Å². The molecule has 3 aromatic carbocycles. The zero-order chi connectivity index (χ0) is 24.2. The Kier molecular flexibility index (Phi) is 6.84. The summed E-state index contributed by atoms with van der Waals surface area (Å²) in [5, 5.41) is 13.3. The molecule has 0 saturated carbocycles. The quantitative estimate of drug-likeness (QED) is 0.392. The third-order valence-corrected chi connectivity index (χ3v) is 6.69. The molecule has 2 heterocycles. The van der Waals surface area contributed by atoms with E-state index < -0.39 is 0 Å². The van der Waals surface area contributed by atoms with Crippen molar-refractivity contribution in [2.45, 2.75) is 19.4 Å². The first-order valence-corrected chi connectivity index (χ1v) is 12.0. The number of carbonyl (C=O) groups is 1. The maximum atomic E-state index is 13.1. The zero-order valence-corrected chi connectivity index (χ0v) is 19.5. The van der Waals surface area contributed by atoms with Crippen LogP contribution in [0.25, 0.3) is 22.0 Å². The molecule has 6 heteroatoms. The number of halogens is 1. The lowest BCUT2D eigenvalue weighted by molar-refractivity contribution is 0.102. The van der Waals surface area contributed by atoms with E-state index in [1.807, 2.05) is 36.5 Å². The monoisotopic (exact) mass is 469 g/mol. The van der Waals surface area contributed by atoms with Gasteiger partial charge in [0, 0.05) is 36.0 Å². The smallest absolute Gasteiger partial charge is 0.255 e. The number of hydrogen-bond acceptors (Lipinski definition) is 4. The highest BCUT2D eigenvalue weighted by Crippen LogP contribution is 2.23. The first-order chi connectivity index (χ1) is 17.1. The van der Waals surface area contributed by atoms with Crippen molar-refractivity contribution >= 4 is 22.5 Å². The van der Waals surface area contributed by atoms with Crippen LogP contribution in [-0.2, 0) is 6.54 Å². The van der Waals surface area contributed by atoms with Gasteiger partial charge < -0.3 is 10.4 Å². The van der Waals surface area contributed by atoms with E-state index in [2.05, 4.69) is 21.3 Å². The number of amides is 1. The van der Waals surface area contributed by atoms with Crippen LogP contribution in [0.5, 0.6) is 0 Å². The molecule has 1 aliphatic heterocycles. The number of rotatable bonds is 6. The summed E-state index contributed by atoms with van der Waals surface area (Å²) in [5.41, 5.74) is 5.05. The standard InChI is InChI=1S/C29H28FN3O2/c30-26-8-5-23(6-9-26)22-1-3-24(4-2-22)29(35)32-27-10-7-25-15-21(17-31-28(25)16-27)18-33-13-11-20(19-34)12-14-33/h1-10,15-17,20,34H,11-14,18-19H2,(H,32,35). The highest BCUT2D eigenvalue weighted by Gasteiger charge is 2.18. The third-order valence-electron chi connectivity index (χ3n) is 6.69. The van der Waals surface area contributed by atoms with Crippen LogP contribution in [-0.4, -0.2) is 40.6 Å². The second kappa shape index (κ2) is 10.3. The molecule has 0 spiro atoms. The van der Waals surface area contributed by atoms with Crippen LogP contribution >= 0.6 is 0 Å². The Morgan fingerprint density at radius 2 is 1.66 bits per heavy atom. The van der Waals surface area contributed by atoms with Crippen molar-refractivity contribution in [3.63, 3.8) is 0 Å². The molecule has 0 bridgehead atoms. The first kappa shape index (κ1) is 23.1. The van der Waals surface area contributed by atoms with E-state index in [9.17, 15) is 14.3 Å². The highest BCUT2D eigenvalue weighted by molar-refractivity contribution is 6.05. The average Bonchev–Trinajstić information content (AvgIpc) is 2.90. The van der Waals surface area contributed by atoms with Crippen molar-refractivity contribution < 1.29 is 14.3 Å². The van der Waals surface area contributed by atoms with Gasteiger partial charge in [-0.1, -0.05) is 30.3 Å². The number of anilines is 1. The summed E-state index contributed by atoms with van der Waals surface area (Å²) in [7, 11) is 0. The normalized spacial score (nSPS) is 14.8. The summed E-state index contributed by atoms with van der Waals surface area (Å²) in [4.78, 5) is 19.8. The van der Waals surface area contributed by atoms with Crippen LogP contribution in [0, 0.1) is 11.7 Å². The number of carbonyl (C=O) groups excluding carboxylic acids is 1. The fourth-order valence-electron chi connectivity index (χ4n) is 4.58. The fourth-order valence-corrected chi connectivity index (χ4v) is 4.58. The van der Waals surface area contributed by atoms with Crippen LogP contribution in [0.2, 0.25) is 0 Å². The second-order valence-corrected chi connectivity index (χ2v) is 9.19. The number of likely N-dealkylation sites (tertiary alicyclic amines) is 1. The number of nitrogens with zero attached hydrogens (tertiary/aromatic N) is 2. The summed E-state index contributed by atoms with van der Waals surface area (Å²) in [5.74, 6) is -0.0370. The number of pyridine rings is 1. The number of aliphatic hydroxyl groups is 1. The molecule has 5 rings (SSSR count). The molecule has 5 nitrogen and oxygen atoms in total. The van der Waals surface area contributed by atoms with Crippen molar-refractivity contribution in [2.75, 3.05) is 25.0 Å². The second-order valence-electron chi connectivity index (χ2n) is 9.19. The van der Waals surface area contributed by atoms with Crippen molar-refractivity contribution in [3.05, 3.63) is 95.9 Å². The summed E-state index contributed by atoms with van der Waals surface area (Å²) >= 11 is 0. The Labute approximate surface area is 204 Å². The lowest BCUT2D eigenvalue weighted by atomic mass is 9.97. The molecular formula is C29H28FN3O2. The minimum absolute atomic E-state index is 0.196. The largest absolute Gasteiger partial charge is 0.396 e. The maximum absolute atomic E-state index is 13.1. The molecule has 1 saturated heterocycles. The summed E-state index contributed by atoms with van der Waals surface area (Å²) < 4.78 is 13.1. The summed E-state index contributed by atoms with van der Waals surface area (Å²) in [6.45, 7) is 3.14. The topological polar surface area (TPSA) is 65.5 Å². The lowest BCUT2D eigenvalue weighted by Crippen LogP contribution is -2.34. The van der Waals surface area contributed by atoms with Crippen molar-refractivity contribution in [1.82, 2.24) is 9.88 Å². The van der Waals surface area contributed by atoms with E-state index in [1.165, 1.54) is 12.1 Å². The van der Waals surface area contributed by atoms with E-state index >= 15 is 0 Å². The van der Waals surface area contributed by atoms with Crippen LogP contribution < -0.4 is 5.32 Å². The zero-order valence-electron chi connectivity index (χ0n) is 19.5. The molecule has 2 N–H and O–H groups in total. The van der Waals surface area contributed by atoms with Crippen molar-refractivity contribution in [3.8, 4) is 11.1 Å². The predicted molar refractivity (Wildman–Crippen MR) is 137 cm³/mol. The molecule has 1 amide bonds. The van der Waals surface area contributed by atoms with Gasteiger partial charge >= 0.3 is 0 Å². The van der Waals surface area contributed by atoms with Gasteiger partial charge in [-0.2, -0.15) is 0 Å². The van der Waals surface area contributed by atoms with E-state index in [0.29, 0.717) is 17.2 Å².